The van der Waals surface area contributed by atoms with Gasteiger partial charge in [-0.25, -0.2) is 19.6 Å². The topological polar surface area (TPSA) is 206 Å². The largest absolute Gasteiger partial charge is 0.481 e. The molecule has 0 fully saturated rings. The lowest BCUT2D eigenvalue weighted by Gasteiger charge is -2.35. The number of aliphatic carboxylic acids is 1. The Bertz CT molecular complexity index is 3150. The second kappa shape index (κ2) is 18.8. The number of aromatic nitrogens is 4. The van der Waals surface area contributed by atoms with E-state index in [0.29, 0.717) is 71.7 Å². The van der Waals surface area contributed by atoms with Crippen LogP contribution in [0.2, 0.25) is 0 Å². The number of allylic oxidation sites excluding steroid dienone is 2. The van der Waals surface area contributed by atoms with Gasteiger partial charge in [-0.3, -0.25) is 19.2 Å². The van der Waals surface area contributed by atoms with Crippen molar-refractivity contribution in [1.29, 1.82) is 0 Å². The number of para-hydroxylation sites is 2. The van der Waals surface area contributed by atoms with Crippen molar-refractivity contribution < 1.29 is 43.6 Å². The smallest absolute Gasteiger partial charge is 0.355 e. The van der Waals surface area contributed by atoms with E-state index in [-0.39, 0.29) is 50.0 Å². The van der Waals surface area contributed by atoms with Crippen LogP contribution in [-0.2, 0) is 70.9 Å². The molecule has 4 aromatic heterocycles. The molecule has 2 aromatic carbocycles. The summed E-state index contributed by atoms with van der Waals surface area (Å²) in [5.74, 6) is -2.59. The fourth-order valence-electron chi connectivity index (χ4n) is 9.04. The Hall–Kier alpha value is -7.52. The molecule has 15 heteroatoms. The van der Waals surface area contributed by atoms with Gasteiger partial charge in [0.15, 0.2) is 5.60 Å². The second-order valence-corrected chi connectivity index (χ2v) is 16.8. The number of cyclic esters (lactones) is 2. The molecule has 0 unspecified atom stereocenters. The van der Waals surface area contributed by atoms with E-state index in [9.17, 15) is 33.9 Å². The summed E-state index contributed by atoms with van der Waals surface area (Å²) in [6, 6.07) is 23.2. The number of fused-ring (bicyclic) bond motifs is 10. The Morgan fingerprint density at radius 1 is 0.716 bits per heavy atom. The van der Waals surface area contributed by atoms with Gasteiger partial charge in [-0.1, -0.05) is 62.4 Å². The minimum absolute atomic E-state index is 0.110. The maximum Gasteiger partial charge on any atom is 0.355 e. The third kappa shape index (κ3) is 8.35. The Labute approximate surface area is 385 Å². The van der Waals surface area contributed by atoms with Gasteiger partial charge < -0.3 is 33.6 Å². The van der Waals surface area contributed by atoms with Crippen LogP contribution in [0.15, 0.2) is 108 Å². The van der Waals surface area contributed by atoms with Crippen molar-refractivity contribution in [3.8, 4) is 22.8 Å². The number of aliphatic hydroxyl groups is 1. The SMILES string of the molecule is C=CCCCC(=O)O.C=CCCCC(=O)O[C@]1(CC)C(=O)OCc2c1cc1n(c2=O)Cc2cc3ccccc3nc2-1.CC[C@@]1(O)C(=O)OCc2c1cc1n(c2=O)Cc2cc3ccccc3nc2-1. The molecule has 15 nitrogen and oxygen atoms in total. The number of pyridine rings is 4. The summed E-state index contributed by atoms with van der Waals surface area (Å²) in [6.45, 7) is 11.1. The fraction of sp³-hybridized carbons (Fsp3) is 0.308. The highest BCUT2D eigenvalue weighted by Gasteiger charge is 2.50. The molecule has 2 atom stereocenters. The Morgan fingerprint density at radius 2 is 1.21 bits per heavy atom. The van der Waals surface area contributed by atoms with Crippen LogP contribution >= 0.6 is 0 Å². The molecule has 6 aromatic rings. The quantitative estimate of drug-likeness (QED) is 0.0559. The number of carbonyl (C=O) groups excluding carboxylic acids is 3. The third-order valence-corrected chi connectivity index (χ3v) is 12.7. The van der Waals surface area contributed by atoms with Crippen LogP contribution in [0, 0.1) is 0 Å². The normalized spacial score (nSPS) is 18.0. The van der Waals surface area contributed by atoms with Crippen molar-refractivity contribution in [2.75, 3.05) is 0 Å². The molecule has 0 saturated carbocycles. The number of nitrogens with zero attached hydrogens (tertiary/aromatic N) is 4. The summed E-state index contributed by atoms with van der Waals surface area (Å²) >= 11 is 0. The van der Waals surface area contributed by atoms with E-state index in [1.807, 2.05) is 60.7 Å². The number of esters is 3. The van der Waals surface area contributed by atoms with Gasteiger partial charge in [0.1, 0.15) is 13.2 Å². The van der Waals surface area contributed by atoms with E-state index in [1.54, 1.807) is 47.3 Å². The Kier molecular flexibility index (Phi) is 12.9. The van der Waals surface area contributed by atoms with E-state index in [2.05, 4.69) is 13.2 Å². The number of carbonyl (C=O) groups is 4. The summed E-state index contributed by atoms with van der Waals surface area (Å²) in [6.07, 6.45) is 6.90. The number of benzene rings is 2. The number of ether oxygens (including phenoxy) is 3. The molecule has 67 heavy (non-hydrogen) atoms. The van der Waals surface area contributed by atoms with Crippen LogP contribution in [0.25, 0.3) is 44.6 Å². The van der Waals surface area contributed by atoms with E-state index in [1.165, 1.54) is 0 Å². The molecule has 344 valence electrons. The first-order valence-corrected chi connectivity index (χ1v) is 22.3. The molecule has 10 rings (SSSR count). The van der Waals surface area contributed by atoms with Crippen molar-refractivity contribution in [2.24, 2.45) is 0 Å². The van der Waals surface area contributed by atoms with Crippen LogP contribution in [0.5, 0.6) is 0 Å². The number of rotatable bonds is 11. The molecular weight excluding hydrogens is 857 g/mol. The number of unbranched alkanes of at least 4 members (excludes halogenated alkanes) is 2. The van der Waals surface area contributed by atoms with Crippen LogP contribution in [0.4, 0.5) is 0 Å². The highest BCUT2D eigenvalue weighted by atomic mass is 16.6. The highest BCUT2D eigenvalue weighted by molar-refractivity contribution is 5.89. The molecule has 0 amide bonds. The number of carboxylic acid groups (broad SMARTS) is 1. The lowest BCUT2D eigenvalue weighted by Crippen LogP contribution is -2.47. The maximum atomic E-state index is 13.5. The predicted molar refractivity (Wildman–Crippen MR) is 249 cm³/mol. The van der Waals surface area contributed by atoms with Gasteiger partial charge in [0.05, 0.1) is 58.0 Å². The first-order valence-electron chi connectivity index (χ1n) is 22.3. The summed E-state index contributed by atoms with van der Waals surface area (Å²) in [5.41, 5.74) is 3.74. The average Bonchev–Trinajstić information content (AvgIpc) is 3.88. The third-order valence-electron chi connectivity index (χ3n) is 12.7. The molecule has 0 bridgehead atoms. The van der Waals surface area contributed by atoms with Crippen LogP contribution in [-0.4, -0.2) is 53.2 Å². The Morgan fingerprint density at radius 3 is 1.72 bits per heavy atom. The zero-order valence-corrected chi connectivity index (χ0v) is 37.3. The zero-order valence-electron chi connectivity index (χ0n) is 37.3. The minimum atomic E-state index is -1.79. The van der Waals surface area contributed by atoms with Gasteiger partial charge in [-0.05, 0) is 74.9 Å². The summed E-state index contributed by atoms with van der Waals surface area (Å²) in [7, 11) is 0. The van der Waals surface area contributed by atoms with Crippen molar-refractivity contribution >= 4 is 45.7 Å². The van der Waals surface area contributed by atoms with Crippen LogP contribution in [0.1, 0.15) is 98.6 Å². The van der Waals surface area contributed by atoms with Gasteiger partial charge >= 0.3 is 23.9 Å². The maximum absolute atomic E-state index is 13.5. The minimum Gasteiger partial charge on any atom is -0.481 e. The zero-order chi connectivity index (χ0) is 47.6. The van der Waals surface area contributed by atoms with E-state index >= 15 is 0 Å². The molecule has 4 aliphatic rings. The number of carboxylic acids is 1. The van der Waals surface area contributed by atoms with Crippen molar-refractivity contribution in [1.82, 2.24) is 19.1 Å². The number of hydrogen-bond donors (Lipinski definition) is 2. The highest BCUT2D eigenvalue weighted by Crippen LogP contribution is 2.42. The van der Waals surface area contributed by atoms with Gasteiger partial charge in [-0.15, -0.1) is 13.2 Å². The molecular formula is C52H50N4O11. The lowest BCUT2D eigenvalue weighted by molar-refractivity contribution is -0.189. The summed E-state index contributed by atoms with van der Waals surface area (Å²) < 4.78 is 19.5. The van der Waals surface area contributed by atoms with Gasteiger partial charge in [0.25, 0.3) is 11.1 Å². The van der Waals surface area contributed by atoms with Gasteiger partial charge in [0.2, 0.25) is 5.60 Å². The summed E-state index contributed by atoms with van der Waals surface area (Å²) in [5, 5.41) is 21.0. The first-order chi connectivity index (χ1) is 32.3. The first kappa shape index (κ1) is 46.0. The van der Waals surface area contributed by atoms with Gasteiger partial charge in [0, 0.05) is 45.9 Å². The molecule has 0 aliphatic carbocycles. The second-order valence-electron chi connectivity index (χ2n) is 16.8. The fourth-order valence-corrected chi connectivity index (χ4v) is 9.04. The number of hydrogen-bond acceptors (Lipinski definition) is 12. The van der Waals surface area contributed by atoms with Crippen molar-refractivity contribution in [2.45, 2.75) is 103 Å². The Balaban J connectivity index is 0.000000159. The average molecular weight is 907 g/mol. The molecule has 0 spiro atoms. The van der Waals surface area contributed by atoms with Crippen LogP contribution < -0.4 is 11.1 Å². The van der Waals surface area contributed by atoms with Crippen LogP contribution in [0.3, 0.4) is 0 Å². The predicted octanol–water partition coefficient (Wildman–Crippen LogP) is 7.49. The summed E-state index contributed by atoms with van der Waals surface area (Å²) in [4.78, 5) is 83.6. The van der Waals surface area contributed by atoms with E-state index in [4.69, 9.17) is 29.3 Å². The van der Waals surface area contributed by atoms with Crippen molar-refractivity contribution in [3.05, 3.63) is 152 Å². The monoisotopic (exact) mass is 906 g/mol. The molecule has 4 aliphatic heterocycles. The van der Waals surface area contributed by atoms with Crippen molar-refractivity contribution in [3.63, 3.8) is 0 Å². The van der Waals surface area contributed by atoms with Gasteiger partial charge in [-0.2, -0.15) is 0 Å². The molecule has 2 N–H and O–H groups in total. The molecule has 0 radical (unpaired) electrons. The van der Waals surface area contributed by atoms with E-state index < -0.39 is 35.1 Å². The molecule has 0 saturated heterocycles. The van der Waals surface area contributed by atoms with E-state index in [0.717, 1.165) is 45.0 Å². The lowest BCUT2D eigenvalue weighted by atomic mass is 9.85. The standard InChI is InChI=1S/C26H24N2O5.C20H16N2O4.C6H10O2/c1-3-5-6-11-22(29)33-26(4-2)19-13-21-23-17(12-16-9-7-8-10-20(16)27-23)14-28(21)24(30)18(19)15-32-25(26)31;1-2-20(25)14-8-16-17-12(7-11-5-3-4-6-15(11)21-17)9-22(16)18(23)13(14)10-26-19(20)24;1-2-3-4-5-6(7)8/h3,7-10,12-13H,1,4-6,11,14-15H2,2H3;3-8,25H,2,9-10H2,1H3;2H,1,3-5H2,(H,7,8)/t26-;20-;/m00./s1. The molecule has 8 heterocycles.